The minimum absolute atomic E-state index is 0.698. The van der Waals surface area contributed by atoms with Crippen molar-refractivity contribution in [1.82, 2.24) is 19.8 Å². The number of rotatable bonds is 5. The highest BCUT2D eigenvalue weighted by Gasteiger charge is 2.31. The summed E-state index contributed by atoms with van der Waals surface area (Å²) in [5.74, 6) is 0. The molecule has 0 saturated carbocycles. The summed E-state index contributed by atoms with van der Waals surface area (Å²) in [5, 5.41) is 3.75. The van der Waals surface area contributed by atoms with Gasteiger partial charge in [-0.2, -0.15) is 0 Å². The van der Waals surface area contributed by atoms with Crippen LogP contribution in [0.3, 0.4) is 0 Å². The molecule has 2 atom stereocenters. The van der Waals surface area contributed by atoms with E-state index in [0.29, 0.717) is 6.04 Å². The molecule has 0 aliphatic carbocycles. The molecule has 1 aromatic rings. The lowest BCUT2D eigenvalue weighted by molar-refractivity contribution is 0.166. The van der Waals surface area contributed by atoms with Crippen molar-refractivity contribution in [3.63, 3.8) is 0 Å². The SMILES string of the molecule is CCCn1cncc1CNC1CCN2CCCC2C1. The molecular formula is C15H26N4. The van der Waals surface area contributed by atoms with Crippen LogP contribution in [0.2, 0.25) is 0 Å². The first kappa shape index (κ1) is 13.1. The summed E-state index contributed by atoms with van der Waals surface area (Å²) in [4.78, 5) is 6.95. The van der Waals surface area contributed by atoms with Crippen LogP contribution in [-0.2, 0) is 13.1 Å². The molecule has 106 valence electrons. The third-order valence-corrected chi connectivity index (χ3v) is 4.66. The fourth-order valence-electron chi connectivity index (χ4n) is 3.60. The quantitative estimate of drug-likeness (QED) is 0.881. The summed E-state index contributed by atoms with van der Waals surface area (Å²) in [6.07, 6.45) is 10.6. The van der Waals surface area contributed by atoms with Gasteiger partial charge in [0.25, 0.3) is 0 Å². The van der Waals surface area contributed by atoms with Gasteiger partial charge in [0.2, 0.25) is 0 Å². The summed E-state index contributed by atoms with van der Waals surface area (Å²) in [5.41, 5.74) is 1.33. The standard InChI is InChI=1S/C15H26N4/c1-2-6-19-12-16-10-15(19)11-17-13-5-8-18-7-3-4-14(18)9-13/h10,12-14,17H,2-9,11H2,1H3. The summed E-state index contributed by atoms with van der Waals surface area (Å²) in [6.45, 7) is 6.89. The second-order valence-electron chi connectivity index (χ2n) is 6.01. The Balaban J connectivity index is 1.50. The van der Waals surface area contributed by atoms with Gasteiger partial charge in [0.05, 0.1) is 12.0 Å². The van der Waals surface area contributed by atoms with Gasteiger partial charge in [0.1, 0.15) is 0 Å². The number of imidazole rings is 1. The summed E-state index contributed by atoms with van der Waals surface area (Å²) >= 11 is 0. The van der Waals surface area contributed by atoms with E-state index in [0.717, 1.165) is 19.1 Å². The predicted molar refractivity (Wildman–Crippen MR) is 77.0 cm³/mol. The Bertz CT molecular complexity index is 401. The number of piperidine rings is 1. The zero-order valence-electron chi connectivity index (χ0n) is 12.0. The van der Waals surface area contributed by atoms with Gasteiger partial charge in [-0.25, -0.2) is 4.98 Å². The molecule has 4 nitrogen and oxygen atoms in total. The van der Waals surface area contributed by atoms with Gasteiger partial charge in [0.15, 0.2) is 0 Å². The predicted octanol–water partition coefficient (Wildman–Crippen LogP) is 2.01. The summed E-state index contributed by atoms with van der Waals surface area (Å²) < 4.78 is 2.28. The number of fused-ring (bicyclic) bond motifs is 1. The van der Waals surface area contributed by atoms with Crippen LogP contribution in [-0.4, -0.2) is 39.6 Å². The van der Waals surface area contributed by atoms with E-state index >= 15 is 0 Å². The first-order valence-corrected chi connectivity index (χ1v) is 7.83. The third-order valence-electron chi connectivity index (χ3n) is 4.66. The summed E-state index contributed by atoms with van der Waals surface area (Å²) in [6, 6.07) is 1.55. The molecule has 0 radical (unpaired) electrons. The van der Waals surface area contributed by atoms with Crippen LogP contribution in [0.4, 0.5) is 0 Å². The van der Waals surface area contributed by atoms with Crippen molar-refractivity contribution < 1.29 is 0 Å². The second-order valence-corrected chi connectivity index (χ2v) is 6.01. The molecule has 1 aromatic heterocycles. The second kappa shape index (κ2) is 6.06. The molecule has 2 aliphatic heterocycles. The molecule has 2 aliphatic rings. The third kappa shape index (κ3) is 3.00. The molecule has 3 heterocycles. The zero-order valence-corrected chi connectivity index (χ0v) is 12.0. The van der Waals surface area contributed by atoms with Crippen molar-refractivity contribution in [2.24, 2.45) is 0 Å². The number of aromatic nitrogens is 2. The molecule has 2 unspecified atom stereocenters. The number of hydrogen-bond donors (Lipinski definition) is 1. The van der Waals surface area contributed by atoms with Crippen molar-refractivity contribution in [2.75, 3.05) is 13.1 Å². The monoisotopic (exact) mass is 262 g/mol. The molecule has 0 spiro atoms. The van der Waals surface area contributed by atoms with Gasteiger partial charge in [-0.1, -0.05) is 6.92 Å². The van der Waals surface area contributed by atoms with Gasteiger partial charge < -0.3 is 14.8 Å². The van der Waals surface area contributed by atoms with Crippen molar-refractivity contribution >= 4 is 0 Å². The van der Waals surface area contributed by atoms with Crippen LogP contribution in [0.15, 0.2) is 12.5 Å². The van der Waals surface area contributed by atoms with Crippen molar-refractivity contribution in [3.05, 3.63) is 18.2 Å². The molecule has 0 bridgehead atoms. The average molecular weight is 262 g/mol. The molecule has 1 N–H and O–H groups in total. The van der Waals surface area contributed by atoms with E-state index in [1.165, 1.54) is 50.9 Å². The largest absolute Gasteiger partial charge is 0.333 e. The highest BCUT2D eigenvalue weighted by molar-refractivity contribution is 4.99. The minimum atomic E-state index is 0.698. The van der Waals surface area contributed by atoms with Crippen molar-refractivity contribution in [1.29, 1.82) is 0 Å². The van der Waals surface area contributed by atoms with Gasteiger partial charge in [0, 0.05) is 31.4 Å². The Labute approximate surface area is 116 Å². The van der Waals surface area contributed by atoms with E-state index in [4.69, 9.17) is 0 Å². The van der Waals surface area contributed by atoms with Crippen molar-refractivity contribution in [2.45, 2.75) is 64.2 Å². The lowest BCUT2D eigenvalue weighted by atomic mass is 9.97. The fraction of sp³-hybridized carbons (Fsp3) is 0.800. The molecule has 3 rings (SSSR count). The molecule has 2 saturated heterocycles. The van der Waals surface area contributed by atoms with Crippen LogP contribution in [0.25, 0.3) is 0 Å². The maximum Gasteiger partial charge on any atom is 0.0948 e. The highest BCUT2D eigenvalue weighted by atomic mass is 15.2. The number of aryl methyl sites for hydroxylation is 1. The Morgan fingerprint density at radius 3 is 3.21 bits per heavy atom. The van der Waals surface area contributed by atoms with Crippen LogP contribution in [0.5, 0.6) is 0 Å². The van der Waals surface area contributed by atoms with E-state index in [9.17, 15) is 0 Å². The Kier molecular flexibility index (Phi) is 4.18. The topological polar surface area (TPSA) is 33.1 Å². The normalized spacial score (nSPS) is 27.6. The average Bonchev–Trinajstić information content (AvgIpc) is 3.05. The maximum absolute atomic E-state index is 4.27. The lowest BCUT2D eigenvalue weighted by Crippen LogP contribution is -2.45. The van der Waals surface area contributed by atoms with Gasteiger partial charge in [-0.05, 0) is 45.2 Å². The highest BCUT2D eigenvalue weighted by Crippen LogP contribution is 2.26. The van der Waals surface area contributed by atoms with Gasteiger partial charge in [-0.15, -0.1) is 0 Å². The van der Waals surface area contributed by atoms with E-state index < -0.39 is 0 Å². The molecule has 0 amide bonds. The van der Waals surface area contributed by atoms with E-state index in [-0.39, 0.29) is 0 Å². The first-order valence-electron chi connectivity index (χ1n) is 7.83. The fourth-order valence-corrected chi connectivity index (χ4v) is 3.60. The first-order chi connectivity index (χ1) is 9.36. The molecule has 0 aromatic carbocycles. The minimum Gasteiger partial charge on any atom is -0.333 e. The van der Waals surface area contributed by atoms with Crippen LogP contribution in [0, 0.1) is 0 Å². The van der Waals surface area contributed by atoms with Crippen LogP contribution >= 0.6 is 0 Å². The molecule has 2 fully saturated rings. The Hall–Kier alpha value is -0.870. The molecular weight excluding hydrogens is 236 g/mol. The number of hydrogen-bond acceptors (Lipinski definition) is 3. The molecule has 19 heavy (non-hydrogen) atoms. The van der Waals surface area contributed by atoms with Crippen LogP contribution < -0.4 is 5.32 Å². The zero-order chi connectivity index (χ0) is 13.1. The van der Waals surface area contributed by atoms with E-state index in [2.05, 4.69) is 26.7 Å². The summed E-state index contributed by atoms with van der Waals surface area (Å²) in [7, 11) is 0. The maximum atomic E-state index is 4.27. The Morgan fingerprint density at radius 1 is 1.37 bits per heavy atom. The Morgan fingerprint density at radius 2 is 2.32 bits per heavy atom. The number of nitrogens with one attached hydrogen (secondary N) is 1. The lowest BCUT2D eigenvalue weighted by Gasteiger charge is -2.35. The smallest absolute Gasteiger partial charge is 0.0948 e. The van der Waals surface area contributed by atoms with Crippen LogP contribution in [0.1, 0.15) is 44.7 Å². The van der Waals surface area contributed by atoms with Gasteiger partial charge >= 0.3 is 0 Å². The van der Waals surface area contributed by atoms with Gasteiger partial charge in [-0.3, -0.25) is 0 Å². The molecule has 4 heteroatoms. The van der Waals surface area contributed by atoms with E-state index in [1.807, 2.05) is 12.5 Å². The number of nitrogens with zero attached hydrogens (tertiary/aromatic N) is 3. The van der Waals surface area contributed by atoms with Crippen molar-refractivity contribution in [3.8, 4) is 0 Å². The van der Waals surface area contributed by atoms with E-state index in [1.54, 1.807) is 0 Å².